The van der Waals surface area contributed by atoms with Crippen molar-refractivity contribution in [2.75, 3.05) is 25.1 Å². The first-order valence-electron chi connectivity index (χ1n) is 6.89. The van der Waals surface area contributed by atoms with E-state index >= 15 is 0 Å². The molecule has 0 saturated heterocycles. The molecule has 1 aromatic heterocycles. The quantitative estimate of drug-likeness (QED) is 0.832. The van der Waals surface area contributed by atoms with Crippen molar-refractivity contribution < 1.29 is 14.6 Å². The number of hydrogen-bond donors (Lipinski definition) is 1. The first kappa shape index (κ1) is 16.4. The molecule has 1 aromatic rings. The maximum Gasteiger partial charge on any atom is 0.335 e. The Morgan fingerprint density at radius 2 is 2.00 bits per heavy atom. The van der Waals surface area contributed by atoms with E-state index in [-0.39, 0.29) is 17.6 Å². The maximum absolute atomic E-state index is 11.2. The van der Waals surface area contributed by atoms with Gasteiger partial charge in [-0.2, -0.15) is 0 Å². The Hall–Kier alpha value is -1.62. The van der Waals surface area contributed by atoms with Crippen molar-refractivity contribution in [1.82, 2.24) is 4.98 Å². The molecule has 0 unspecified atom stereocenters. The van der Waals surface area contributed by atoms with Crippen LogP contribution in [0, 0.1) is 0 Å². The summed E-state index contributed by atoms with van der Waals surface area (Å²) in [4.78, 5) is 17.6. The van der Waals surface area contributed by atoms with E-state index < -0.39 is 5.97 Å². The third-order valence-corrected chi connectivity index (χ3v) is 2.94. The Bertz CT molecular complexity index is 458. The van der Waals surface area contributed by atoms with Crippen molar-refractivity contribution in [2.45, 2.75) is 39.7 Å². The van der Waals surface area contributed by atoms with E-state index in [0.29, 0.717) is 19.0 Å². The second-order valence-electron chi connectivity index (χ2n) is 5.44. The average molecular weight is 280 g/mol. The molecule has 0 amide bonds. The summed E-state index contributed by atoms with van der Waals surface area (Å²) < 4.78 is 5.50. The van der Waals surface area contributed by atoms with Gasteiger partial charge in [0, 0.05) is 19.3 Å². The molecular weight excluding hydrogens is 256 g/mol. The lowest BCUT2D eigenvalue weighted by Gasteiger charge is -2.21. The fourth-order valence-electron chi connectivity index (χ4n) is 1.69. The molecule has 112 valence electrons. The molecule has 0 aromatic carbocycles. The van der Waals surface area contributed by atoms with E-state index in [9.17, 15) is 9.90 Å². The molecule has 0 bridgehead atoms. The van der Waals surface area contributed by atoms with Gasteiger partial charge in [-0.3, -0.25) is 0 Å². The van der Waals surface area contributed by atoms with Crippen LogP contribution in [0.4, 0.5) is 5.82 Å². The van der Waals surface area contributed by atoms with E-state index in [0.717, 1.165) is 5.69 Å². The van der Waals surface area contributed by atoms with Crippen LogP contribution in [0.2, 0.25) is 0 Å². The minimum atomic E-state index is -0.928. The topological polar surface area (TPSA) is 62.7 Å². The monoisotopic (exact) mass is 280 g/mol. The molecule has 0 aliphatic carbocycles. The van der Waals surface area contributed by atoms with Crippen LogP contribution in [-0.2, 0) is 4.74 Å². The number of ether oxygens (including phenoxy) is 1. The molecule has 0 atom stereocenters. The van der Waals surface area contributed by atoms with Crippen LogP contribution in [0.1, 0.15) is 49.7 Å². The summed E-state index contributed by atoms with van der Waals surface area (Å²) in [6.07, 6.45) is 0.188. The van der Waals surface area contributed by atoms with E-state index in [1.807, 2.05) is 39.6 Å². The zero-order valence-electron chi connectivity index (χ0n) is 12.9. The molecule has 5 heteroatoms. The highest BCUT2D eigenvalue weighted by Crippen LogP contribution is 2.19. The van der Waals surface area contributed by atoms with Gasteiger partial charge in [0.05, 0.1) is 18.3 Å². The first-order valence-corrected chi connectivity index (χ1v) is 6.89. The van der Waals surface area contributed by atoms with Crippen LogP contribution < -0.4 is 4.90 Å². The number of nitrogens with zero attached hydrogens (tertiary/aromatic N) is 2. The van der Waals surface area contributed by atoms with Gasteiger partial charge in [0.15, 0.2) is 0 Å². The smallest absolute Gasteiger partial charge is 0.335 e. The highest BCUT2D eigenvalue weighted by molar-refractivity contribution is 5.88. The van der Waals surface area contributed by atoms with Crippen molar-refractivity contribution >= 4 is 11.8 Å². The Morgan fingerprint density at radius 3 is 2.50 bits per heavy atom. The van der Waals surface area contributed by atoms with Crippen molar-refractivity contribution in [1.29, 1.82) is 0 Å². The third kappa shape index (κ3) is 4.81. The van der Waals surface area contributed by atoms with Crippen LogP contribution in [0.5, 0.6) is 0 Å². The number of carboxylic acid groups (broad SMARTS) is 1. The van der Waals surface area contributed by atoms with Crippen molar-refractivity contribution in [3.05, 3.63) is 23.4 Å². The normalized spacial score (nSPS) is 11.2. The lowest BCUT2D eigenvalue weighted by atomic mass is 10.1. The van der Waals surface area contributed by atoms with Crippen LogP contribution in [0.3, 0.4) is 0 Å². The molecule has 0 aliphatic heterocycles. The number of hydrogen-bond acceptors (Lipinski definition) is 4. The van der Waals surface area contributed by atoms with E-state index in [4.69, 9.17) is 4.74 Å². The maximum atomic E-state index is 11.2. The van der Waals surface area contributed by atoms with E-state index in [2.05, 4.69) is 4.98 Å². The summed E-state index contributed by atoms with van der Waals surface area (Å²) >= 11 is 0. The molecular formula is C15H24N2O3. The van der Waals surface area contributed by atoms with Crippen molar-refractivity contribution in [2.24, 2.45) is 0 Å². The highest BCUT2D eigenvalue weighted by Gasteiger charge is 2.13. The number of aromatic carboxylic acids is 1. The number of pyridine rings is 1. The summed E-state index contributed by atoms with van der Waals surface area (Å²) in [5.74, 6) is -0.0725. The molecule has 0 saturated carbocycles. The fourth-order valence-corrected chi connectivity index (χ4v) is 1.69. The Kier molecular flexibility index (Phi) is 5.95. The minimum Gasteiger partial charge on any atom is -0.478 e. The molecule has 1 heterocycles. The van der Waals surface area contributed by atoms with Gasteiger partial charge in [-0.1, -0.05) is 13.8 Å². The lowest BCUT2D eigenvalue weighted by Crippen LogP contribution is -2.25. The number of likely N-dealkylation sites (N-methyl/N-ethyl adjacent to an activating group) is 1. The molecule has 0 radical (unpaired) electrons. The molecule has 0 aliphatic rings. The number of carboxylic acids is 1. The molecule has 0 spiro atoms. The van der Waals surface area contributed by atoms with Crippen LogP contribution in [-0.4, -0.2) is 42.4 Å². The summed E-state index contributed by atoms with van der Waals surface area (Å²) in [5, 5.41) is 9.18. The Balaban J connectivity index is 2.89. The molecule has 20 heavy (non-hydrogen) atoms. The van der Waals surface area contributed by atoms with Gasteiger partial charge in [0.25, 0.3) is 0 Å². The zero-order valence-corrected chi connectivity index (χ0v) is 12.9. The Morgan fingerprint density at radius 1 is 1.35 bits per heavy atom. The van der Waals surface area contributed by atoms with Gasteiger partial charge in [0.1, 0.15) is 5.82 Å². The zero-order chi connectivity index (χ0) is 15.3. The number of carbonyl (C=O) groups is 1. The predicted molar refractivity (Wildman–Crippen MR) is 79.6 cm³/mol. The van der Waals surface area contributed by atoms with Gasteiger partial charge in [-0.15, -0.1) is 0 Å². The molecule has 1 N–H and O–H groups in total. The van der Waals surface area contributed by atoms with E-state index in [1.165, 1.54) is 0 Å². The summed E-state index contributed by atoms with van der Waals surface area (Å²) in [5.41, 5.74) is 1.06. The summed E-state index contributed by atoms with van der Waals surface area (Å²) in [7, 11) is 1.89. The first-order chi connectivity index (χ1) is 9.31. The van der Waals surface area contributed by atoms with Gasteiger partial charge in [0.2, 0.25) is 0 Å². The Labute approximate surface area is 120 Å². The van der Waals surface area contributed by atoms with Crippen LogP contribution >= 0.6 is 0 Å². The second-order valence-corrected chi connectivity index (χ2v) is 5.44. The van der Waals surface area contributed by atoms with Gasteiger partial charge in [-0.25, -0.2) is 9.78 Å². The summed E-state index contributed by atoms with van der Waals surface area (Å²) in [6, 6.07) is 3.23. The second kappa shape index (κ2) is 7.24. The standard InChI is InChI=1S/C15H24N2O3/c1-10(2)13-8-12(15(18)19)9-14(16-13)17(5)6-7-20-11(3)4/h8-11H,6-7H2,1-5H3,(H,18,19). The van der Waals surface area contributed by atoms with E-state index in [1.54, 1.807) is 12.1 Å². The lowest BCUT2D eigenvalue weighted by molar-refractivity contribution is 0.0696. The van der Waals surface area contributed by atoms with Gasteiger partial charge < -0.3 is 14.7 Å². The predicted octanol–water partition coefficient (Wildman–Crippen LogP) is 2.76. The molecule has 5 nitrogen and oxygen atoms in total. The number of aromatic nitrogens is 1. The molecule has 0 fully saturated rings. The SMILES string of the molecule is CC(C)OCCN(C)c1cc(C(=O)O)cc(C(C)C)n1. The largest absolute Gasteiger partial charge is 0.478 e. The van der Waals surface area contributed by atoms with Crippen LogP contribution in [0.15, 0.2) is 12.1 Å². The third-order valence-electron chi connectivity index (χ3n) is 2.94. The minimum absolute atomic E-state index is 0.188. The number of anilines is 1. The van der Waals surface area contributed by atoms with Gasteiger partial charge in [-0.05, 0) is 31.9 Å². The fraction of sp³-hybridized carbons (Fsp3) is 0.600. The van der Waals surface area contributed by atoms with Crippen molar-refractivity contribution in [3.8, 4) is 0 Å². The average Bonchev–Trinajstić information content (AvgIpc) is 2.37. The van der Waals surface area contributed by atoms with Crippen molar-refractivity contribution in [3.63, 3.8) is 0 Å². The summed E-state index contributed by atoms with van der Waals surface area (Å²) in [6.45, 7) is 9.23. The number of rotatable bonds is 7. The molecule has 1 rings (SSSR count). The van der Waals surface area contributed by atoms with Crippen LogP contribution in [0.25, 0.3) is 0 Å². The van der Waals surface area contributed by atoms with Gasteiger partial charge >= 0.3 is 5.97 Å². The highest BCUT2D eigenvalue weighted by atomic mass is 16.5.